The Hall–Kier alpha value is -2.61. The number of hydrogen-bond acceptors (Lipinski definition) is 4. The standard InChI is InChI=1S/C18H21FN2O4S/c1-4-25-17-8-6-5-7-16(17)20-18(22)13(2)21(26(3,23)24)15-11-9-14(19)10-12-15/h5-13H,4H2,1-3H3,(H,20,22)/t13-/m0/s1. The van der Waals surface area contributed by atoms with Crippen molar-refractivity contribution in [1.29, 1.82) is 0 Å². The summed E-state index contributed by atoms with van der Waals surface area (Å²) in [5, 5.41) is 2.68. The average Bonchev–Trinajstić information content (AvgIpc) is 2.57. The second-order valence-corrected chi connectivity index (χ2v) is 7.49. The molecule has 1 amide bonds. The SMILES string of the molecule is CCOc1ccccc1NC(=O)[C@H](C)N(c1ccc(F)cc1)S(C)(=O)=O. The van der Waals surface area contributed by atoms with Gasteiger partial charge in [-0.3, -0.25) is 9.10 Å². The number of carbonyl (C=O) groups is 1. The van der Waals surface area contributed by atoms with Crippen molar-refractivity contribution in [3.8, 4) is 5.75 Å². The van der Waals surface area contributed by atoms with Crippen LogP contribution in [0.1, 0.15) is 13.8 Å². The molecule has 1 N–H and O–H groups in total. The van der Waals surface area contributed by atoms with Gasteiger partial charge in [0.05, 0.1) is 24.2 Å². The molecule has 0 saturated carbocycles. The number of benzene rings is 2. The highest BCUT2D eigenvalue weighted by Crippen LogP contribution is 2.26. The first-order chi connectivity index (χ1) is 12.2. The first-order valence-corrected chi connectivity index (χ1v) is 9.86. The molecule has 2 aromatic rings. The van der Waals surface area contributed by atoms with Crippen molar-refractivity contribution < 1.29 is 22.3 Å². The lowest BCUT2D eigenvalue weighted by molar-refractivity contribution is -0.116. The minimum atomic E-state index is -3.77. The number of ether oxygens (including phenoxy) is 1. The highest BCUT2D eigenvalue weighted by Gasteiger charge is 2.29. The molecule has 2 rings (SSSR count). The first kappa shape index (κ1) is 19.7. The lowest BCUT2D eigenvalue weighted by atomic mass is 10.2. The molecule has 26 heavy (non-hydrogen) atoms. The molecular formula is C18H21FN2O4S. The van der Waals surface area contributed by atoms with Gasteiger partial charge < -0.3 is 10.1 Å². The third kappa shape index (κ3) is 4.72. The fourth-order valence-electron chi connectivity index (χ4n) is 2.49. The van der Waals surface area contributed by atoms with Gasteiger partial charge in [0.1, 0.15) is 17.6 Å². The van der Waals surface area contributed by atoms with Gasteiger partial charge in [-0.1, -0.05) is 12.1 Å². The van der Waals surface area contributed by atoms with Crippen molar-refractivity contribution >= 4 is 27.3 Å². The summed E-state index contributed by atoms with van der Waals surface area (Å²) in [7, 11) is -3.77. The molecule has 0 fully saturated rings. The summed E-state index contributed by atoms with van der Waals surface area (Å²) in [4.78, 5) is 12.7. The van der Waals surface area contributed by atoms with Crippen LogP contribution in [0, 0.1) is 5.82 Å². The highest BCUT2D eigenvalue weighted by atomic mass is 32.2. The maximum atomic E-state index is 13.1. The Kier molecular flexibility index (Phi) is 6.20. The van der Waals surface area contributed by atoms with E-state index in [1.165, 1.54) is 19.1 Å². The summed E-state index contributed by atoms with van der Waals surface area (Å²) in [6, 6.07) is 10.7. The van der Waals surface area contributed by atoms with Crippen LogP contribution in [0.5, 0.6) is 5.75 Å². The highest BCUT2D eigenvalue weighted by molar-refractivity contribution is 7.92. The first-order valence-electron chi connectivity index (χ1n) is 8.01. The van der Waals surface area contributed by atoms with Crippen LogP contribution >= 0.6 is 0 Å². The number of halogens is 1. The number of nitrogens with one attached hydrogen (secondary N) is 1. The van der Waals surface area contributed by atoms with E-state index in [1.807, 2.05) is 6.92 Å². The van der Waals surface area contributed by atoms with Gasteiger partial charge in [-0.15, -0.1) is 0 Å². The van der Waals surface area contributed by atoms with Crippen molar-refractivity contribution in [2.45, 2.75) is 19.9 Å². The monoisotopic (exact) mass is 380 g/mol. The molecule has 0 aliphatic carbocycles. The van der Waals surface area contributed by atoms with E-state index < -0.39 is 27.8 Å². The van der Waals surface area contributed by atoms with E-state index in [4.69, 9.17) is 4.74 Å². The molecule has 140 valence electrons. The normalized spacial score (nSPS) is 12.3. The number of para-hydroxylation sites is 2. The van der Waals surface area contributed by atoms with E-state index >= 15 is 0 Å². The van der Waals surface area contributed by atoms with Gasteiger partial charge in [0.25, 0.3) is 0 Å². The van der Waals surface area contributed by atoms with Crippen molar-refractivity contribution in [1.82, 2.24) is 0 Å². The Morgan fingerprint density at radius 2 is 1.81 bits per heavy atom. The van der Waals surface area contributed by atoms with E-state index in [0.29, 0.717) is 18.0 Å². The molecule has 8 heteroatoms. The van der Waals surface area contributed by atoms with Gasteiger partial charge in [0.15, 0.2) is 0 Å². The minimum Gasteiger partial charge on any atom is -0.492 e. The average molecular weight is 380 g/mol. The van der Waals surface area contributed by atoms with Crippen molar-refractivity contribution in [3.63, 3.8) is 0 Å². The number of hydrogen-bond donors (Lipinski definition) is 1. The Morgan fingerprint density at radius 3 is 2.38 bits per heavy atom. The summed E-state index contributed by atoms with van der Waals surface area (Å²) < 4.78 is 44.0. The molecule has 6 nitrogen and oxygen atoms in total. The number of amides is 1. The van der Waals surface area contributed by atoms with Crippen LogP contribution in [0.2, 0.25) is 0 Å². The Bertz CT molecular complexity index is 869. The fraction of sp³-hybridized carbons (Fsp3) is 0.278. The van der Waals surface area contributed by atoms with Gasteiger partial charge in [0, 0.05) is 0 Å². The predicted octanol–water partition coefficient (Wildman–Crippen LogP) is 3.02. The van der Waals surface area contributed by atoms with Crippen LogP contribution in [0.25, 0.3) is 0 Å². The molecule has 2 aromatic carbocycles. The van der Waals surface area contributed by atoms with Crippen LogP contribution < -0.4 is 14.4 Å². The number of nitrogens with zero attached hydrogens (tertiary/aromatic N) is 1. The second kappa shape index (κ2) is 8.18. The molecule has 0 aliphatic heterocycles. The molecule has 0 spiro atoms. The van der Waals surface area contributed by atoms with E-state index in [1.54, 1.807) is 24.3 Å². The van der Waals surface area contributed by atoms with E-state index in [0.717, 1.165) is 22.7 Å². The topological polar surface area (TPSA) is 75.7 Å². The zero-order valence-corrected chi connectivity index (χ0v) is 15.6. The predicted molar refractivity (Wildman–Crippen MR) is 99.4 cm³/mol. The quantitative estimate of drug-likeness (QED) is 0.801. The number of sulfonamides is 1. The molecule has 0 heterocycles. The van der Waals surface area contributed by atoms with Gasteiger partial charge >= 0.3 is 0 Å². The smallest absolute Gasteiger partial charge is 0.248 e. The third-order valence-electron chi connectivity index (χ3n) is 3.61. The summed E-state index contributed by atoms with van der Waals surface area (Å²) in [5.41, 5.74) is 0.647. The zero-order chi connectivity index (χ0) is 19.3. The Balaban J connectivity index is 2.30. The molecule has 0 aromatic heterocycles. The van der Waals surface area contributed by atoms with Gasteiger partial charge in [0.2, 0.25) is 15.9 Å². The van der Waals surface area contributed by atoms with Crippen LogP contribution in [0.3, 0.4) is 0 Å². The maximum Gasteiger partial charge on any atom is 0.248 e. The molecule has 0 radical (unpaired) electrons. The zero-order valence-electron chi connectivity index (χ0n) is 14.8. The van der Waals surface area contributed by atoms with E-state index in [9.17, 15) is 17.6 Å². The summed E-state index contributed by atoms with van der Waals surface area (Å²) in [6.45, 7) is 3.71. The Labute approximate surface area is 152 Å². The van der Waals surface area contributed by atoms with Crippen LogP contribution in [-0.4, -0.2) is 33.2 Å². The second-order valence-electron chi connectivity index (χ2n) is 5.63. The van der Waals surface area contributed by atoms with Crippen LogP contribution in [-0.2, 0) is 14.8 Å². The van der Waals surface area contributed by atoms with E-state index in [2.05, 4.69) is 5.32 Å². The maximum absolute atomic E-state index is 13.1. The summed E-state index contributed by atoms with van der Waals surface area (Å²) in [5.74, 6) is -0.542. The fourth-order valence-corrected chi connectivity index (χ4v) is 3.66. The largest absolute Gasteiger partial charge is 0.492 e. The minimum absolute atomic E-state index is 0.203. The summed E-state index contributed by atoms with van der Waals surface area (Å²) >= 11 is 0. The third-order valence-corrected chi connectivity index (χ3v) is 4.86. The number of carbonyl (C=O) groups excluding carboxylic acids is 1. The summed E-state index contributed by atoms with van der Waals surface area (Å²) in [6.07, 6.45) is 0.994. The van der Waals surface area contributed by atoms with Crippen molar-refractivity contribution in [2.75, 3.05) is 22.5 Å². The number of rotatable bonds is 7. The Morgan fingerprint density at radius 1 is 1.19 bits per heavy atom. The lowest BCUT2D eigenvalue weighted by Gasteiger charge is -2.28. The van der Waals surface area contributed by atoms with Crippen LogP contribution in [0.15, 0.2) is 48.5 Å². The van der Waals surface area contributed by atoms with Crippen molar-refractivity contribution in [2.24, 2.45) is 0 Å². The van der Waals surface area contributed by atoms with Crippen molar-refractivity contribution in [3.05, 3.63) is 54.3 Å². The van der Waals surface area contributed by atoms with E-state index in [-0.39, 0.29) is 5.69 Å². The number of anilines is 2. The molecule has 1 atom stereocenters. The molecule has 0 aliphatic rings. The van der Waals surface area contributed by atoms with Crippen LogP contribution in [0.4, 0.5) is 15.8 Å². The molecule has 0 unspecified atom stereocenters. The van der Waals surface area contributed by atoms with Gasteiger partial charge in [-0.05, 0) is 50.2 Å². The molecule has 0 bridgehead atoms. The van der Waals surface area contributed by atoms with Gasteiger partial charge in [-0.2, -0.15) is 0 Å². The molecular weight excluding hydrogens is 359 g/mol. The molecule has 0 saturated heterocycles. The lowest BCUT2D eigenvalue weighted by Crippen LogP contribution is -2.45. The van der Waals surface area contributed by atoms with Gasteiger partial charge in [-0.25, -0.2) is 12.8 Å².